The van der Waals surface area contributed by atoms with Gasteiger partial charge in [-0.3, -0.25) is 14.6 Å². The summed E-state index contributed by atoms with van der Waals surface area (Å²) in [7, 11) is 0. The van der Waals surface area contributed by atoms with Crippen LogP contribution in [0.5, 0.6) is 5.75 Å². The molecule has 0 bridgehead atoms. The number of fused-ring (bicyclic) bond motifs is 1. The third-order valence-electron chi connectivity index (χ3n) is 5.45. The van der Waals surface area contributed by atoms with Gasteiger partial charge in [0.05, 0.1) is 12.6 Å². The molecule has 2 aromatic carbocycles. The fourth-order valence-electron chi connectivity index (χ4n) is 3.93. The van der Waals surface area contributed by atoms with E-state index < -0.39 is 11.8 Å². The molecule has 7 nitrogen and oxygen atoms in total. The van der Waals surface area contributed by atoms with E-state index in [1.54, 1.807) is 36.7 Å². The van der Waals surface area contributed by atoms with Crippen molar-refractivity contribution < 1.29 is 14.3 Å². The number of aromatic nitrogens is 1. The highest BCUT2D eigenvalue weighted by atomic mass is 16.5. The Hall–Kier alpha value is -3.87. The molecular weight excluding hydrogens is 404 g/mol. The van der Waals surface area contributed by atoms with Crippen LogP contribution in [0.3, 0.4) is 0 Å². The molecule has 0 fully saturated rings. The van der Waals surface area contributed by atoms with E-state index in [1.165, 1.54) is 5.56 Å². The van der Waals surface area contributed by atoms with Crippen LogP contribution in [0.2, 0.25) is 0 Å². The van der Waals surface area contributed by atoms with Gasteiger partial charge in [-0.05, 0) is 60.9 Å². The maximum atomic E-state index is 12.5. The lowest BCUT2D eigenvalue weighted by Gasteiger charge is -2.30. The normalized spacial score (nSPS) is 13.2. The summed E-state index contributed by atoms with van der Waals surface area (Å²) in [6, 6.07) is 18.9. The largest absolute Gasteiger partial charge is 0.494 e. The van der Waals surface area contributed by atoms with E-state index in [0.717, 1.165) is 24.2 Å². The average Bonchev–Trinajstić information content (AvgIpc) is 3.25. The number of ether oxygens (including phenoxy) is 1. The summed E-state index contributed by atoms with van der Waals surface area (Å²) in [6.07, 6.45) is 4.47. The first kappa shape index (κ1) is 21.4. The Bertz CT molecular complexity index is 1070. The van der Waals surface area contributed by atoms with E-state index in [-0.39, 0.29) is 12.6 Å². The van der Waals surface area contributed by atoms with Gasteiger partial charge < -0.3 is 20.3 Å². The van der Waals surface area contributed by atoms with Gasteiger partial charge >= 0.3 is 11.8 Å². The number of nitrogens with zero attached hydrogens (tertiary/aromatic N) is 2. The van der Waals surface area contributed by atoms with Gasteiger partial charge in [0.15, 0.2) is 0 Å². The summed E-state index contributed by atoms with van der Waals surface area (Å²) in [5.41, 5.74) is 3.94. The zero-order chi connectivity index (χ0) is 22.3. The smallest absolute Gasteiger partial charge is 0.313 e. The first-order valence-electron chi connectivity index (χ1n) is 10.7. The van der Waals surface area contributed by atoms with Crippen molar-refractivity contribution in [3.8, 4) is 5.75 Å². The number of amides is 2. The lowest BCUT2D eigenvalue weighted by molar-refractivity contribution is -0.136. The van der Waals surface area contributed by atoms with Gasteiger partial charge in [0.1, 0.15) is 5.75 Å². The lowest BCUT2D eigenvalue weighted by atomic mass is 10.1. The molecule has 7 heteroatoms. The second kappa shape index (κ2) is 9.96. The second-order valence-corrected chi connectivity index (χ2v) is 7.50. The summed E-state index contributed by atoms with van der Waals surface area (Å²) < 4.78 is 5.39. The van der Waals surface area contributed by atoms with Crippen molar-refractivity contribution in [3.63, 3.8) is 0 Å². The van der Waals surface area contributed by atoms with Crippen LogP contribution in [0.4, 0.5) is 11.4 Å². The minimum absolute atomic E-state index is 0.130. The van der Waals surface area contributed by atoms with Crippen molar-refractivity contribution in [2.75, 3.05) is 29.9 Å². The van der Waals surface area contributed by atoms with Crippen molar-refractivity contribution in [2.24, 2.45) is 0 Å². The first-order chi connectivity index (χ1) is 15.7. The Morgan fingerprint density at radius 3 is 2.62 bits per heavy atom. The SMILES string of the molecule is CCOc1ccc(NC(=O)C(=O)NCC(c2cccnc2)N2CCc3ccccc32)cc1. The Kier molecular flexibility index (Phi) is 6.65. The summed E-state index contributed by atoms with van der Waals surface area (Å²) in [5, 5.41) is 5.42. The molecule has 32 heavy (non-hydrogen) atoms. The number of rotatable bonds is 7. The highest BCUT2D eigenvalue weighted by molar-refractivity contribution is 6.39. The van der Waals surface area contributed by atoms with Crippen molar-refractivity contribution in [1.82, 2.24) is 10.3 Å². The fraction of sp³-hybridized carbons (Fsp3) is 0.240. The van der Waals surface area contributed by atoms with E-state index in [0.29, 0.717) is 18.0 Å². The average molecular weight is 431 g/mol. The number of carbonyl (C=O) groups is 2. The topological polar surface area (TPSA) is 83.6 Å². The summed E-state index contributed by atoms with van der Waals surface area (Å²) in [5.74, 6) is -0.679. The predicted molar refractivity (Wildman–Crippen MR) is 124 cm³/mol. The van der Waals surface area contributed by atoms with Gasteiger partial charge in [-0.1, -0.05) is 24.3 Å². The number of benzene rings is 2. The Morgan fingerprint density at radius 1 is 1.06 bits per heavy atom. The van der Waals surface area contributed by atoms with E-state index >= 15 is 0 Å². The molecule has 1 aliphatic rings. The number of pyridine rings is 1. The zero-order valence-corrected chi connectivity index (χ0v) is 18.0. The van der Waals surface area contributed by atoms with Crippen LogP contribution in [0, 0.1) is 0 Å². The lowest BCUT2D eigenvalue weighted by Crippen LogP contribution is -2.41. The van der Waals surface area contributed by atoms with Crippen LogP contribution in [-0.4, -0.2) is 36.5 Å². The zero-order valence-electron chi connectivity index (χ0n) is 18.0. The van der Waals surface area contributed by atoms with Crippen molar-refractivity contribution in [1.29, 1.82) is 0 Å². The van der Waals surface area contributed by atoms with Crippen molar-refractivity contribution >= 4 is 23.2 Å². The quantitative estimate of drug-likeness (QED) is 0.562. The van der Waals surface area contributed by atoms with Crippen molar-refractivity contribution in [3.05, 3.63) is 84.2 Å². The number of para-hydroxylation sites is 1. The highest BCUT2D eigenvalue weighted by Gasteiger charge is 2.28. The molecule has 0 saturated carbocycles. The minimum Gasteiger partial charge on any atom is -0.494 e. The number of anilines is 2. The molecule has 0 saturated heterocycles. The standard InChI is InChI=1S/C25H26N4O3/c1-2-32-21-11-9-20(10-12-21)28-25(31)24(30)27-17-23(19-7-5-14-26-16-19)29-15-13-18-6-3-4-8-22(18)29/h3-12,14,16,23H,2,13,15,17H2,1H3,(H,27,30)(H,28,31). The highest BCUT2D eigenvalue weighted by Crippen LogP contribution is 2.34. The van der Waals surface area contributed by atoms with Crippen LogP contribution in [0.1, 0.15) is 24.1 Å². The molecule has 1 unspecified atom stereocenters. The molecule has 1 aliphatic heterocycles. The Labute approximate surface area is 187 Å². The van der Waals surface area contributed by atoms with Gasteiger partial charge in [0.25, 0.3) is 0 Å². The van der Waals surface area contributed by atoms with Crippen LogP contribution in [0.25, 0.3) is 0 Å². The molecule has 1 atom stereocenters. The predicted octanol–water partition coefficient (Wildman–Crippen LogP) is 3.34. The molecular formula is C25H26N4O3. The minimum atomic E-state index is -0.707. The molecule has 1 aromatic heterocycles. The number of hydrogen-bond acceptors (Lipinski definition) is 5. The van der Waals surface area contributed by atoms with Crippen LogP contribution in [-0.2, 0) is 16.0 Å². The molecule has 0 spiro atoms. The monoisotopic (exact) mass is 430 g/mol. The number of carbonyl (C=O) groups excluding carboxylic acids is 2. The van der Waals surface area contributed by atoms with Crippen molar-refractivity contribution in [2.45, 2.75) is 19.4 Å². The van der Waals surface area contributed by atoms with E-state index in [9.17, 15) is 9.59 Å². The van der Waals surface area contributed by atoms with Gasteiger partial charge in [0.2, 0.25) is 0 Å². The van der Waals surface area contributed by atoms with Gasteiger partial charge in [-0.25, -0.2) is 0 Å². The molecule has 2 amide bonds. The van der Waals surface area contributed by atoms with Gasteiger partial charge in [0, 0.05) is 36.9 Å². The van der Waals surface area contributed by atoms with Crippen LogP contribution in [0.15, 0.2) is 73.1 Å². The molecule has 0 radical (unpaired) electrons. The molecule has 0 aliphatic carbocycles. The summed E-state index contributed by atoms with van der Waals surface area (Å²) >= 11 is 0. The van der Waals surface area contributed by atoms with Crippen LogP contribution < -0.4 is 20.3 Å². The summed E-state index contributed by atoms with van der Waals surface area (Å²) in [4.78, 5) is 31.4. The Morgan fingerprint density at radius 2 is 1.88 bits per heavy atom. The molecule has 3 aromatic rings. The number of nitrogens with one attached hydrogen (secondary N) is 2. The van der Waals surface area contributed by atoms with Gasteiger partial charge in [-0.2, -0.15) is 0 Å². The number of hydrogen-bond donors (Lipinski definition) is 2. The third-order valence-corrected chi connectivity index (χ3v) is 5.45. The van der Waals surface area contributed by atoms with Gasteiger partial charge in [-0.15, -0.1) is 0 Å². The molecule has 2 N–H and O–H groups in total. The van der Waals surface area contributed by atoms with E-state index in [4.69, 9.17) is 4.74 Å². The fourth-order valence-corrected chi connectivity index (χ4v) is 3.93. The maximum Gasteiger partial charge on any atom is 0.313 e. The molecule has 164 valence electrons. The summed E-state index contributed by atoms with van der Waals surface area (Å²) in [6.45, 7) is 3.59. The molecule has 2 heterocycles. The maximum absolute atomic E-state index is 12.5. The Balaban J connectivity index is 1.43. The van der Waals surface area contributed by atoms with E-state index in [2.05, 4.69) is 32.7 Å². The third kappa shape index (κ3) is 4.88. The second-order valence-electron chi connectivity index (χ2n) is 7.50. The van der Waals surface area contributed by atoms with Crippen LogP contribution >= 0.6 is 0 Å². The first-order valence-corrected chi connectivity index (χ1v) is 10.7. The van der Waals surface area contributed by atoms with E-state index in [1.807, 2.05) is 31.2 Å². The molecule has 4 rings (SSSR count).